The summed E-state index contributed by atoms with van der Waals surface area (Å²) in [5.41, 5.74) is -0.800. The molecule has 2 rings (SSSR count). The Morgan fingerprint density at radius 1 is 1.16 bits per heavy atom. The van der Waals surface area contributed by atoms with Crippen LogP contribution >= 0.6 is 0 Å². The number of likely N-dealkylation sites (N-methyl/N-ethyl adjacent to an activating group) is 1. The number of amides is 3. The predicted molar refractivity (Wildman–Crippen MR) is 94.9 cm³/mol. The maximum Gasteiger partial charge on any atom is 0.325 e. The van der Waals surface area contributed by atoms with Crippen LogP contribution in [-0.2, 0) is 4.79 Å². The number of imide groups is 1. The molecule has 1 N–H and O–H groups in total. The highest BCUT2D eigenvalue weighted by atomic mass is 16.5. The first-order valence-corrected chi connectivity index (χ1v) is 8.43. The van der Waals surface area contributed by atoms with Crippen LogP contribution in [-0.4, -0.2) is 67.7 Å². The summed E-state index contributed by atoms with van der Waals surface area (Å²) in [6.07, 6.45) is 0.723. The molecule has 0 saturated carbocycles. The standard InChI is InChI=1S/C18H27N3O4/c1-18(2)16(22)21(17(23)19-18)11-7-10-20(3)12-13-25-15-9-6-5-8-14(15)24-4/h5-6,8-9H,7,10-13H2,1-4H3,(H,19,23). The number of para-hydroxylation sites is 2. The first-order chi connectivity index (χ1) is 11.8. The van der Waals surface area contributed by atoms with Gasteiger partial charge in [0.05, 0.1) is 7.11 Å². The lowest BCUT2D eigenvalue weighted by Crippen LogP contribution is -2.40. The van der Waals surface area contributed by atoms with Crippen molar-refractivity contribution in [2.75, 3.05) is 40.4 Å². The molecule has 1 fully saturated rings. The summed E-state index contributed by atoms with van der Waals surface area (Å²) in [6.45, 7) is 5.90. The molecule has 138 valence electrons. The molecule has 25 heavy (non-hydrogen) atoms. The molecular formula is C18H27N3O4. The van der Waals surface area contributed by atoms with Crippen molar-refractivity contribution in [3.8, 4) is 11.5 Å². The smallest absolute Gasteiger partial charge is 0.325 e. The fraction of sp³-hybridized carbons (Fsp3) is 0.556. The number of hydrogen-bond acceptors (Lipinski definition) is 5. The Balaban J connectivity index is 1.68. The average Bonchev–Trinajstić information content (AvgIpc) is 2.76. The zero-order valence-electron chi connectivity index (χ0n) is 15.4. The number of nitrogens with one attached hydrogen (secondary N) is 1. The van der Waals surface area contributed by atoms with Gasteiger partial charge in [0.2, 0.25) is 0 Å². The quantitative estimate of drug-likeness (QED) is 0.688. The number of carbonyl (C=O) groups is 2. The van der Waals surface area contributed by atoms with E-state index in [9.17, 15) is 9.59 Å². The molecule has 0 aromatic heterocycles. The van der Waals surface area contributed by atoms with Crippen molar-refractivity contribution in [1.82, 2.24) is 15.1 Å². The minimum absolute atomic E-state index is 0.167. The van der Waals surface area contributed by atoms with Crippen molar-refractivity contribution in [3.05, 3.63) is 24.3 Å². The molecule has 3 amide bonds. The lowest BCUT2D eigenvalue weighted by Gasteiger charge is -2.20. The number of hydrogen-bond donors (Lipinski definition) is 1. The van der Waals surface area contributed by atoms with Crippen LogP contribution in [0.15, 0.2) is 24.3 Å². The molecule has 7 heteroatoms. The Hall–Kier alpha value is -2.28. The van der Waals surface area contributed by atoms with E-state index in [0.717, 1.165) is 25.3 Å². The Morgan fingerprint density at radius 2 is 1.84 bits per heavy atom. The second kappa shape index (κ2) is 8.20. The van der Waals surface area contributed by atoms with Crippen molar-refractivity contribution in [1.29, 1.82) is 0 Å². The number of rotatable bonds is 9. The van der Waals surface area contributed by atoms with Gasteiger partial charge in [0.1, 0.15) is 12.1 Å². The van der Waals surface area contributed by atoms with Crippen LogP contribution in [0.25, 0.3) is 0 Å². The number of urea groups is 1. The van der Waals surface area contributed by atoms with E-state index < -0.39 is 5.54 Å². The Bertz CT molecular complexity index is 618. The molecule has 0 atom stereocenters. The van der Waals surface area contributed by atoms with Gasteiger partial charge in [0, 0.05) is 13.1 Å². The maximum absolute atomic E-state index is 12.1. The highest BCUT2D eigenvalue weighted by Gasteiger charge is 2.43. The SMILES string of the molecule is COc1ccccc1OCCN(C)CCCN1C(=O)NC(C)(C)C1=O. The Kier molecular flexibility index (Phi) is 6.25. The topological polar surface area (TPSA) is 71.1 Å². The second-order valence-electron chi connectivity index (χ2n) is 6.67. The summed E-state index contributed by atoms with van der Waals surface area (Å²) in [5.74, 6) is 1.27. The van der Waals surface area contributed by atoms with Crippen molar-refractivity contribution in [2.45, 2.75) is 25.8 Å². The molecule has 0 radical (unpaired) electrons. The fourth-order valence-electron chi connectivity index (χ4n) is 2.68. The van der Waals surface area contributed by atoms with E-state index in [1.165, 1.54) is 4.90 Å². The molecular weight excluding hydrogens is 322 g/mol. The fourth-order valence-corrected chi connectivity index (χ4v) is 2.68. The summed E-state index contributed by atoms with van der Waals surface area (Å²) in [7, 11) is 3.60. The van der Waals surface area contributed by atoms with Gasteiger partial charge in [0.15, 0.2) is 11.5 Å². The number of methoxy groups -OCH3 is 1. The highest BCUT2D eigenvalue weighted by Crippen LogP contribution is 2.25. The van der Waals surface area contributed by atoms with Crippen molar-refractivity contribution in [3.63, 3.8) is 0 Å². The van der Waals surface area contributed by atoms with Crippen molar-refractivity contribution < 1.29 is 19.1 Å². The molecule has 0 spiro atoms. The molecule has 0 bridgehead atoms. The monoisotopic (exact) mass is 349 g/mol. The summed E-state index contributed by atoms with van der Waals surface area (Å²) < 4.78 is 11.0. The van der Waals surface area contributed by atoms with Gasteiger partial charge in [-0.1, -0.05) is 12.1 Å². The van der Waals surface area contributed by atoms with E-state index in [1.54, 1.807) is 21.0 Å². The zero-order chi connectivity index (χ0) is 18.4. The Morgan fingerprint density at radius 3 is 2.44 bits per heavy atom. The normalized spacial score (nSPS) is 16.3. The van der Waals surface area contributed by atoms with Crippen LogP contribution in [0.5, 0.6) is 11.5 Å². The molecule has 1 heterocycles. The van der Waals surface area contributed by atoms with E-state index in [1.807, 2.05) is 31.3 Å². The third kappa shape index (κ3) is 4.85. The maximum atomic E-state index is 12.1. The van der Waals surface area contributed by atoms with Crippen LogP contribution in [0.4, 0.5) is 4.79 Å². The van der Waals surface area contributed by atoms with Crippen molar-refractivity contribution in [2.24, 2.45) is 0 Å². The summed E-state index contributed by atoms with van der Waals surface area (Å²) in [5, 5.41) is 2.69. The van der Waals surface area contributed by atoms with E-state index in [0.29, 0.717) is 18.9 Å². The van der Waals surface area contributed by atoms with E-state index in [4.69, 9.17) is 9.47 Å². The van der Waals surface area contributed by atoms with Gasteiger partial charge in [0.25, 0.3) is 5.91 Å². The van der Waals surface area contributed by atoms with E-state index >= 15 is 0 Å². The molecule has 1 aromatic carbocycles. The van der Waals surface area contributed by atoms with Gasteiger partial charge in [-0.2, -0.15) is 0 Å². The van der Waals surface area contributed by atoms with Gasteiger partial charge in [-0.15, -0.1) is 0 Å². The average molecular weight is 349 g/mol. The Labute approximate surface area is 148 Å². The number of carbonyl (C=O) groups excluding carboxylic acids is 2. The first kappa shape index (κ1) is 19.1. The molecule has 7 nitrogen and oxygen atoms in total. The minimum Gasteiger partial charge on any atom is -0.493 e. The van der Waals surface area contributed by atoms with Crippen LogP contribution in [0, 0.1) is 0 Å². The number of benzene rings is 1. The molecule has 1 saturated heterocycles. The van der Waals surface area contributed by atoms with Gasteiger partial charge >= 0.3 is 6.03 Å². The molecule has 0 aliphatic carbocycles. The van der Waals surface area contributed by atoms with Gasteiger partial charge in [-0.3, -0.25) is 9.69 Å². The van der Waals surface area contributed by atoms with Crippen LogP contribution < -0.4 is 14.8 Å². The van der Waals surface area contributed by atoms with Gasteiger partial charge in [-0.25, -0.2) is 4.79 Å². The van der Waals surface area contributed by atoms with E-state index in [-0.39, 0.29) is 11.9 Å². The third-order valence-corrected chi connectivity index (χ3v) is 4.17. The van der Waals surface area contributed by atoms with E-state index in [2.05, 4.69) is 10.2 Å². The third-order valence-electron chi connectivity index (χ3n) is 4.17. The van der Waals surface area contributed by atoms with Crippen LogP contribution in [0.2, 0.25) is 0 Å². The van der Waals surface area contributed by atoms with Gasteiger partial charge < -0.3 is 19.7 Å². The molecule has 1 aliphatic rings. The van der Waals surface area contributed by atoms with Crippen LogP contribution in [0.1, 0.15) is 20.3 Å². The molecule has 1 aromatic rings. The largest absolute Gasteiger partial charge is 0.493 e. The summed E-state index contributed by atoms with van der Waals surface area (Å²) in [4.78, 5) is 27.3. The van der Waals surface area contributed by atoms with Gasteiger partial charge in [-0.05, 0) is 46.0 Å². The lowest BCUT2D eigenvalue weighted by molar-refractivity contribution is -0.130. The van der Waals surface area contributed by atoms with Crippen LogP contribution in [0.3, 0.4) is 0 Å². The molecule has 0 unspecified atom stereocenters. The number of ether oxygens (including phenoxy) is 2. The summed E-state index contributed by atoms with van der Waals surface area (Å²) in [6, 6.07) is 7.23. The predicted octanol–water partition coefficient (Wildman–Crippen LogP) is 1.73. The van der Waals surface area contributed by atoms with Crippen molar-refractivity contribution >= 4 is 11.9 Å². The first-order valence-electron chi connectivity index (χ1n) is 8.43. The zero-order valence-corrected chi connectivity index (χ0v) is 15.4. The second-order valence-corrected chi connectivity index (χ2v) is 6.67. The minimum atomic E-state index is -0.800. The summed E-state index contributed by atoms with van der Waals surface area (Å²) >= 11 is 0. The molecule has 1 aliphatic heterocycles. The highest BCUT2D eigenvalue weighted by molar-refractivity contribution is 6.06. The lowest BCUT2D eigenvalue weighted by atomic mass is 10.1. The number of nitrogens with zero attached hydrogens (tertiary/aromatic N) is 2.